The lowest BCUT2D eigenvalue weighted by molar-refractivity contribution is -0.134. The molecule has 2 aliphatic carbocycles. The Morgan fingerprint density at radius 3 is 2.11 bits per heavy atom. The molecule has 0 atom stereocenters. The number of halogens is 4. The van der Waals surface area contributed by atoms with Crippen molar-refractivity contribution in [2.75, 3.05) is 11.5 Å². The predicted molar refractivity (Wildman–Crippen MR) is 132 cm³/mol. The number of carboxylic acid groups (broad SMARTS) is 1. The van der Waals surface area contributed by atoms with Crippen LogP contribution in [0.1, 0.15) is 42.0 Å². The van der Waals surface area contributed by atoms with E-state index in [0.717, 1.165) is 33.7 Å². The topological polar surface area (TPSA) is 89.3 Å². The fourth-order valence-electron chi connectivity index (χ4n) is 3.27. The van der Waals surface area contributed by atoms with Gasteiger partial charge in [0.1, 0.15) is 0 Å². The van der Waals surface area contributed by atoms with Crippen LogP contribution in [0.4, 0.5) is 11.4 Å². The van der Waals surface area contributed by atoms with Gasteiger partial charge in [-0.1, -0.05) is 6.07 Å². The number of rotatable bonds is 0. The minimum atomic E-state index is -0.833. The number of carboxylic acids is 1. The maximum Gasteiger partial charge on any atom is 0.300 e. The molecule has 2 aromatic carbocycles. The highest BCUT2D eigenvalue weighted by Crippen LogP contribution is 2.38. The average Bonchev–Trinajstić information content (AvgIpc) is 3.30. The summed E-state index contributed by atoms with van der Waals surface area (Å²) < 4.78 is 2.10. The van der Waals surface area contributed by atoms with Crippen LogP contribution in [-0.4, -0.2) is 11.1 Å². The third-order valence-electron chi connectivity index (χ3n) is 4.44. The van der Waals surface area contributed by atoms with Gasteiger partial charge < -0.3 is 16.6 Å². The second kappa shape index (κ2) is 12.9. The average molecular weight is 644 g/mol. The molecule has 4 rings (SSSR count). The van der Waals surface area contributed by atoms with Gasteiger partial charge in [0.05, 0.1) is 5.69 Å². The smallest absolute Gasteiger partial charge is 0.300 e. The van der Waals surface area contributed by atoms with Crippen molar-refractivity contribution < 1.29 is 9.90 Å². The molecule has 0 radical (unpaired) electrons. The highest BCUT2D eigenvalue weighted by molar-refractivity contribution is 9.93. The van der Waals surface area contributed by atoms with Crippen LogP contribution in [-0.2, 0) is 30.5 Å². The number of hydrogen-bond acceptors (Lipinski definition) is 3. The van der Waals surface area contributed by atoms with Gasteiger partial charge in [-0.3, -0.25) is 4.79 Å². The summed E-state index contributed by atoms with van der Waals surface area (Å²) in [6.45, 7) is 1.08. The van der Waals surface area contributed by atoms with E-state index in [1.807, 2.05) is 6.07 Å². The Labute approximate surface area is 198 Å². The van der Waals surface area contributed by atoms with E-state index in [0.29, 0.717) is 0 Å². The number of aliphatic carboxylic acids is 1. The second-order valence-corrected chi connectivity index (χ2v) is 8.13. The molecule has 154 valence electrons. The molecule has 4 nitrogen and oxygen atoms in total. The molecule has 0 amide bonds. The molecule has 0 unspecified atom stereocenters. The zero-order valence-corrected chi connectivity index (χ0v) is 21.9. The van der Waals surface area contributed by atoms with E-state index in [9.17, 15) is 0 Å². The first kappa shape index (κ1) is 25.5. The minimum absolute atomic E-state index is 0.829. The zero-order chi connectivity index (χ0) is 21.3. The zero-order valence-electron chi connectivity index (χ0n) is 15.6. The molecule has 0 saturated heterocycles. The van der Waals surface area contributed by atoms with Gasteiger partial charge in [0, 0.05) is 49.8 Å². The number of fused-ring (bicyclic) bond motifs is 2. The first-order valence-electron chi connectivity index (χ1n) is 8.76. The fourth-order valence-corrected chi connectivity index (χ4v) is 4.67. The van der Waals surface area contributed by atoms with Crippen molar-refractivity contribution in [3.63, 3.8) is 0 Å². The molecule has 5 N–H and O–H groups in total. The van der Waals surface area contributed by atoms with Gasteiger partial charge in [0.25, 0.3) is 5.97 Å². The maximum absolute atomic E-state index is 9.00. The molecule has 2 aromatic rings. The van der Waals surface area contributed by atoms with E-state index in [1.165, 1.54) is 54.4 Å². The first-order valence-corrected chi connectivity index (χ1v) is 14.1. The van der Waals surface area contributed by atoms with Crippen LogP contribution in [0.3, 0.4) is 0 Å². The number of carbonyl (C=O) groups is 1. The second-order valence-electron chi connectivity index (χ2n) is 6.48. The third-order valence-corrected chi connectivity index (χ3v) is 6.00. The molecule has 0 bridgehead atoms. The van der Waals surface area contributed by atoms with Crippen LogP contribution >= 0.6 is 60.1 Å². The number of nitrogens with two attached hydrogens (primary N) is 2. The van der Waals surface area contributed by atoms with Crippen molar-refractivity contribution in [2.45, 2.75) is 45.4 Å². The molecule has 0 heterocycles. The summed E-state index contributed by atoms with van der Waals surface area (Å²) >= 11 is 12.5. The number of hydrogen-bond donors (Lipinski definition) is 3. The maximum atomic E-state index is 9.00. The lowest BCUT2D eigenvalue weighted by Gasteiger charge is -2.07. The lowest BCUT2D eigenvalue weighted by atomic mass is 10.1. The summed E-state index contributed by atoms with van der Waals surface area (Å²) in [6.07, 6.45) is 7.37. The van der Waals surface area contributed by atoms with Crippen LogP contribution in [0.25, 0.3) is 0 Å². The number of benzene rings is 2. The summed E-state index contributed by atoms with van der Waals surface area (Å²) in [4.78, 5) is 9.00. The molecular weight excluding hydrogens is 620 g/mol. The SMILES string of the molecule is BrBr.CC(=O)O.Nc1c(Br)cc2c(c1Br)CCC2.Nc1ccc2c(c1)CCC2. The van der Waals surface area contributed by atoms with Crippen molar-refractivity contribution in [3.8, 4) is 0 Å². The van der Waals surface area contributed by atoms with Crippen molar-refractivity contribution in [3.05, 3.63) is 55.5 Å². The number of anilines is 2. The normalized spacial score (nSPS) is 12.9. The molecule has 8 heteroatoms. The third kappa shape index (κ3) is 7.69. The fraction of sp³-hybridized carbons (Fsp3) is 0.350. The minimum Gasteiger partial charge on any atom is -0.481 e. The number of nitrogen functional groups attached to an aromatic ring is 2. The van der Waals surface area contributed by atoms with Gasteiger partial charge in [0.15, 0.2) is 0 Å². The monoisotopic (exact) mass is 640 g/mol. The standard InChI is InChI=1S/C9H9Br2N.C9H11N.C2H4O2.Br2/c10-7-4-5-2-1-3-6(5)8(11)9(7)12;10-9-5-4-7-2-1-3-8(7)6-9;1-2(3)4;1-2/h4H,1-3,12H2;4-6H,1-3,10H2;1H3,(H,3,4);. The first-order chi connectivity index (χ1) is 13.3. The molecule has 28 heavy (non-hydrogen) atoms. The summed E-state index contributed by atoms with van der Waals surface area (Å²) in [6, 6.07) is 8.38. The molecule has 0 fully saturated rings. The van der Waals surface area contributed by atoms with Gasteiger partial charge >= 0.3 is 0 Å². The summed E-state index contributed by atoms with van der Waals surface area (Å²) in [5.41, 5.74) is 19.0. The van der Waals surface area contributed by atoms with Gasteiger partial charge in [-0.15, -0.1) is 0 Å². The Hall–Kier alpha value is -0.570. The van der Waals surface area contributed by atoms with E-state index < -0.39 is 5.97 Å². The molecular formula is C20H24Br4N2O2. The Bertz CT molecular complexity index is 809. The Balaban J connectivity index is 0.000000222. The Kier molecular flexibility index (Phi) is 11.7. The summed E-state index contributed by atoms with van der Waals surface area (Å²) in [5.74, 6) is -0.833. The Morgan fingerprint density at radius 1 is 0.929 bits per heavy atom. The predicted octanol–water partition coefficient (Wildman–Crippen LogP) is 6.82. The molecule has 0 aromatic heterocycles. The van der Waals surface area contributed by atoms with Gasteiger partial charge in [-0.05, 0) is 111 Å². The van der Waals surface area contributed by atoms with E-state index in [1.54, 1.807) is 0 Å². The van der Waals surface area contributed by atoms with Crippen LogP contribution < -0.4 is 11.5 Å². The summed E-state index contributed by atoms with van der Waals surface area (Å²) in [7, 11) is 0. The van der Waals surface area contributed by atoms with E-state index >= 15 is 0 Å². The van der Waals surface area contributed by atoms with Gasteiger partial charge in [-0.2, -0.15) is 0 Å². The van der Waals surface area contributed by atoms with Crippen molar-refractivity contribution in [1.82, 2.24) is 0 Å². The highest BCUT2D eigenvalue weighted by atomic mass is 80.9. The number of aryl methyl sites for hydroxylation is 3. The summed E-state index contributed by atoms with van der Waals surface area (Å²) in [5, 5.41) is 7.42. The molecule has 0 spiro atoms. The van der Waals surface area contributed by atoms with Gasteiger partial charge in [0.2, 0.25) is 0 Å². The van der Waals surface area contributed by atoms with E-state index in [2.05, 4.69) is 78.3 Å². The van der Waals surface area contributed by atoms with Crippen molar-refractivity contribution in [2.24, 2.45) is 0 Å². The molecule has 0 aliphatic heterocycles. The van der Waals surface area contributed by atoms with Crippen LogP contribution in [0.2, 0.25) is 0 Å². The van der Waals surface area contributed by atoms with Crippen LogP contribution in [0.5, 0.6) is 0 Å². The quantitative estimate of drug-likeness (QED) is 0.275. The molecule has 2 aliphatic rings. The van der Waals surface area contributed by atoms with Crippen LogP contribution in [0, 0.1) is 0 Å². The largest absolute Gasteiger partial charge is 0.481 e. The lowest BCUT2D eigenvalue weighted by Crippen LogP contribution is -1.93. The molecule has 0 saturated carbocycles. The van der Waals surface area contributed by atoms with Crippen molar-refractivity contribution in [1.29, 1.82) is 0 Å². The van der Waals surface area contributed by atoms with Gasteiger partial charge in [-0.25, -0.2) is 0 Å². The van der Waals surface area contributed by atoms with E-state index in [-0.39, 0.29) is 0 Å². The highest BCUT2D eigenvalue weighted by Gasteiger charge is 2.17. The van der Waals surface area contributed by atoms with Crippen LogP contribution in [0.15, 0.2) is 33.2 Å². The van der Waals surface area contributed by atoms with Crippen molar-refractivity contribution >= 4 is 77.5 Å². The van der Waals surface area contributed by atoms with E-state index in [4.69, 9.17) is 21.4 Å². The Morgan fingerprint density at radius 2 is 1.46 bits per heavy atom.